The minimum atomic E-state index is -0.551. The van der Waals surface area contributed by atoms with E-state index in [-0.39, 0.29) is 11.5 Å². The molecule has 1 N–H and O–H groups in total. The Morgan fingerprint density at radius 1 is 1.00 bits per heavy atom. The molecule has 5 heteroatoms. The molecule has 0 bridgehead atoms. The van der Waals surface area contributed by atoms with Gasteiger partial charge in [-0.3, -0.25) is 14.6 Å². The SMILES string of the molecule is O=c1c(NCc2ccccn2)c(-c2ccc(F)cc2)c1=O. The lowest BCUT2D eigenvalue weighted by atomic mass is 9.98. The van der Waals surface area contributed by atoms with E-state index in [0.29, 0.717) is 17.7 Å². The van der Waals surface area contributed by atoms with Crippen molar-refractivity contribution in [2.24, 2.45) is 0 Å². The topological polar surface area (TPSA) is 59.1 Å². The van der Waals surface area contributed by atoms with E-state index in [1.807, 2.05) is 12.1 Å². The zero-order valence-corrected chi connectivity index (χ0v) is 11.0. The van der Waals surface area contributed by atoms with Crippen LogP contribution in [-0.4, -0.2) is 4.98 Å². The molecule has 0 fully saturated rings. The van der Waals surface area contributed by atoms with E-state index in [1.165, 1.54) is 24.3 Å². The van der Waals surface area contributed by atoms with Crippen LogP contribution in [0.1, 0.15) is 5.69 Å². The Kier molecular flexibility index (Phi) is 3.31. The smallest absolute Gasteiger partial charge is 0.250 e. The first-order valence-corrected chi connectivity index (χ1v) is 6.40. The van der Waals surface area contributed by atoms with Crippen LogP contribution in [0.4, 0.5) is 10.1 Å². The molecular formula is C16H11FN2O2. The number of halogens is 1. The number of nitrogens with one attached hydrogen (secondary N) is 1. The second kappa shape index (κ2) is 5.28. The predicted molar refractivity (Wildman–Crippen MR) is 78.3 cm³/mol. The largest absolute Gasteiger partial charge is 0.375 e. The fourth-order valence-corrected chi connectivity index (χ4v) is 2.13. The van der Waals surface area contributed by atoms with E-state index >= 15 is 0 Å². The summed E-state index contributed by atoms with van der Waals surface area (Å²) >= 11 is 0. The monoisotopic (exact) mass is 282 g/mol. The maximum atomic E-state index is 12.9. The first-order valence-electron chi connectivity index (χ1n) is 6.40. The molecule has 0 unspecified atom stereocenters. The summed E-state index contributed by atoms with van der Waals surface area (Å²) < 4.78 is 12.9. The van der Waals surface area contributed by atoms with Crippen molar-refractivity contribution >= 4 is 5.69 Å². The lowest BCUT2D eigenvalue weighted by molar-refractivity contribution is 0.628. The molecule has 21 heavy (non-hydrogen) atoms. The molecule has 1 aromatic heterocycles. The highest BCUT2D eigenvalue weighted by Crippen LogP contribution is 2.23. The van der Waals surface area contributed by atoms with Crippen molar-refractivity contribution < 1.29 is 4.39 Å². The van der Waals surface area contributed by atoms with Gasteiger partial charge in [-0.05, 0) is 29.8 Å². The van der Waals surface area contributed by atoms with Gasteiger partial charge in [0.2, 0.25) is 10.9 Å². The summed E-state index contributed by atoms with van der Waals surface area (Å²) in [5.74, 6) is -0.388. The van der Waals surface area contributed by atoms with Gasteiger partial charge < -0.3 is 5.32 Å². The Bertz CT molecular complexity index is 835. The van der Waals surface area contributed by atoms with Gasteiger partial charge in [0.05, 0.1) is 23.5 Å². The minimum Gasteiger partial charge on any atom is -0.375 e. The van der Waals surface area contributed by atoms with E-state index < -0.39 is 10.9 Å². The van der Waals surface area contributed by atoms with Crippen LogP contribution in [0.3, 0.4) is 0 Å². The minimum absolute atomic E-state index is 0.261. The van der Waals surface area contributed by atoms with Crippen LogP contribution in [0.15, 0.2) is 58.3 Å². The fraction of sp³-hybridized carbons (Fsp3) is 0.0625. The summed E-state index contributed by atoms with van der Waals surface area (Å²) in [6.07, 6.45) is 1.65. The van der Waals surface area contributed by atoms with E-state index in [1.54, 1.807) is 12.3 Å². The highest BCUT2D eigenvalue weighted by molar-refractivity contribution is 5.81. The summed E-state index contributed by atoms with van der Waals surface area (Å²) in [6.45, 7) is 0.347. The molecule has 0 radical (unpaired) electrons. The average molecular weight is 282 g/mol. The molecule has 0 saturated carbocycles. The number of nitrogens with zero attached hydrogens (tertiary/aromatic N) is 1. The van der Waals surface area contributed by atoms with Gasteiger partial charge in [0.1, 0.15) is 5.82 Å². The summed E-state index contributed by atoms with van der Waals surface area (Å²) in [4.78, 5) is 27.5. The Labute approximate surface area is 119 Å². The maximum Gasteiger partial charge on any atom is 0.250 e. The molecule has 0 aliphatic carbocycles. The van der Waals surface area contributed by atoms with E-state index in [2.05, 4.69) is 10.3 Å². The third-order valence-electron chi connectivity index (χ3n) is 3.22. The lowest BCUT2D eigenvalue weighted by Gasteiger charge is -2.13. The average Bonchev–Trinajstić information content (AvgIpc) is 2.53. The Hall–Kier alpha value is -2.82. The number of hydrogen-bond acceptors (Lipinski definition) is 4. The van der Waals surface area contributed by atoms with Crippen molar-refractivity contribution in [3.05, 3.63) is 80.6 Å². The predicted octanol–water partition coefficient (Wildman–Crippen LogP) is 2.10. The zero-order valence-electron chi connectivity index (χ0n) is 11.0. The van der Waals surface area contributed by atoms with Gasteiger partial charge in [0, 0.05) is 6.20 Å². The summed E-state index contributed by atoms with van der Waals surface area (Å²) in [5, 5.41) is 2.93. The van der Waals surface area contributed by atoms with Gasteiger partial charge in [0.15, 0.2) is 0 Å². The van der Waals surface area contributed by atoms with Crippen LogP contribution in [0.5, 0.6) is 0 Å². The Morgan fingerprint density at radius 3 is 2.43 bits per heavy atom. The number of benzene rings is 1. The van der Waals surface area contributed by atoms with Crippen molar-refractivity contribution in [3.63, 3.8) is 0 Å². The van der Waals surface area contributed by atoms with Gasteiger partial charge in [-0.2, -0.15) is 0 Å². The van der Waals surface area contributed by atoms with E-state index in [0.717, 1.165) is 5.69 Å². The van der Waals surface area contributed by atoms with Crippen molar-refractivity contribution in [3.8, 4) is 11.1 Å². The number of hydrogen-bond donors (Lipinski definition) is 1. The van der Waals surface area contributed by atoms with Crippen molar-refractivity contribution in [2.45, 2.75) is 6.54 Å². The third kappa shape index (κ3) is 2.45. The van der Waals surface area contributed by atoms with Crippen molar-refractivity contribution in [2.75, 3.05) is 5.32 Å². The summed E-state index contributed by atoms with van der Waals surface area (Å²) in [5.41, 5.74) is 0.753. The van der Waals surface area contributed by atoms with Gasteiger partial charge in [-0.15, -0.1) is 0 Å². The first kappa shape index (κ1) is 13.2. The maximum absolute atomic E-state index is 12.9. The van der Waals surface area contributed by atoms with Crippen LogP contribution in [0, 0.1) is 5.82 Å². The molecule has 3 aromatic rings. The normalized spacial score (nSPS) is 10.7. The van der Waals surface area contributed by atoms with Gasteiger partial charge >= 0.3 is 0 Å². The lowest BCUT2D eigenvalue weighted by Crippen LogP contribution is -2.36. The van der Waals surface area contributed by atoms with Crippen LogP contribution in [-0.2, 0) is 6.54 Å². The zero-order chi connectivity index (χ0) is 14.8. The Balaban J connectivity index is 1.87. The highest BCUT2D eigenvalue weighted by atomic mass is 19.1. The molecule has 3 rings (SSSR count). The molecule has 2 aromatic carbocycles. The van der Waals surface area contributed by atoms with Crippen LogP contribution in [0.25, 0.3) is 11.1 Å². The molecule has 0 atom stereocenters. The molecule has 0 aliphatic rings. The van der Waals surface area contributed by atoms with E-state index in [4.69, 9.17) is 0 Å². The standard InChI is InChI=1S/C16H11FN2O2/c17-11-6-4-10(5-7-11)13-14(16(21)15(13)20)19-9-12-3-1-2-8-18-12/h1-8,19H,9H2. The van der Waals surface area contributed by atoms with E-state index in [9.17, 15) is 14.0 Å². The number of aromatic nitrogens is 1. The number of pyridine rings is 1. The second-order valence-electron chi connectivity index (χ2n) is 4.59. The molecule has 0 amide bonds. The molecule has 0 spiro atoms. The molecule has 0 saturated heterocycles. The van der Waals surface area contributed by atoms with Crippen molar-refractivity contribution in [1.29, 1.82) is 0 Å². The van der Waals surface area contributed by atoms with Crippen LogP contribution < -0.4 is 16.2 Å². The molecular weight excluding hydrogens is 271 g/mol. The molecule has 1 heterocycles. The van der Waals surface area contributed by atoms with Crippen LogP contribution >= 0.6 is 0 Å². The second-order valence-corrected chi connectivity index (χ2v) is 4.59. The molecule has 104 valence electrons. The number of anilines is 1. The third-order valence-corrected chi connectivity index (χ3v) is 3.22. The highest BCUT2D eigenvalue weighted by Gasteiger charge is 2.21. The first-order chi connectivity index (χ1) is 10.2. The Morgan fingerprint density at radius 2 is 1.76 bits per heavy atom. The number of rotatable bonds is 4. The van der Waals surface area contributed by atoms with Gasteiger partial charge in [-0.25, -0.2) is 4.39 Å². The van der Waals surface area contributed by atoms with Crippen molar-refractivity contribution in [1.82, 2.24) is 4.98 Å². The van der Waals surface area contributed by atoms with Crippen LogP contribution in [0.2, 0.25) is 0 Å². The van der Waals surface area contributed by atoms with Gasteiger partial charge in [-0.1, -0.05) is 18.2 Å². The molecule has 0 aliphatic heterocycles. The summed E-state index contributed by atoms with van der Waals surface area (Å²) in [7, 11) is 0. The summed E-state index contributed by atoms with van der Waals surface area (Å²) in [6, 6.07) is 10.9. The quantitative estimate of drug-likeness (QED) is 0.744. The van der Waals surface area contributed by atoms with Gasteiger partial charge in [0.25, 0.3) is 0 Å². The fourth-order valence-electron chi connectivity index (χ4n) is 2.13. The molecule has 4 nitrogen and oxygen atoms in total.